The molecule has 28 heavy (non-hydrogen) atoms. The van der Waals surface area contributed by atoms with E-state index < -0.39 is 11.6 Å². The standard InChI is InChI=1S/C20H15F2N5O/c1-23-18-15-8-12(11-6-13(21)10-14(22)7-11)9-16(28-2)17(15)26-20(27-18)19-24-4-3-5-25-19/h3-10H,1-2H3,(H,23,26,27). The lowest BCUT2D eigenvalue weighted by Gasteiger charge is -2.13. The van der Waals surface area contributed by atoms with Crippen LogP contribution < -0.4 is 10.1 Å². The van der Waals surface area contributed by atoms with Crippen molar-refractivity contribution >= 4 is 16.7 Å². The highest BCUT2D eigenvalue weighted by Gasteiger charge is 2.16. The third-order valence-corrected chi connectivity index (χ3v) is 4.18. The van der Waals surface area contributed by atoms with Crippen molar-refractivity contribution in [1.82, 2.24) is 19.9 Å². The Labute approximate surface area is 159 Å². The summed E-state index contributed by atoms with van der Waals surface area (Å²) < 4.78 is 32.8. The summed E-state index contributed by atoms with van der Waals surface area (Å²) in [5, 5.41) is 3.66. The predicted octanol–water partition coefficient (Wildman–Crippen LogP) is 4.08. The summed E-state index contributed by atoms with van der Waals surface area (Å²) in [6.07, 6.45) is 3.21. The highest BCUT2D eigenvalue weighted by Crippen LogP contribution is 2.35. The second-order valence-corrected chi connectivity index (χ2v) is 5.95. The second kappa shape index (κ2) is 7.15. The summed E-state index contributed by atoms with van der Waals surface area (Å²) in [5.74, 6) is 0.351. The number of fused-ring (bicyclic) bond motifs is 1. The maximum atomic E-state index is 13.7. The molecular weight excluding hydrogens is 364 g/mol. The molecule has 0 amide bonds. The SMILES string of the molecule is CNc1nc(-c2ncccn2)nc2c(OC)cc(-c3cc(F)cc(F)c3)cc12. The molecule has 0 saturated carbocycles. The first-order valence-electron chi connectivity index (χ1n) is 8.40. The first-order chi connectivity index (χ1) is 13.6. The third kappa shape index (κ3) is 3.20. The van der Waals surface area contributed by atoms with Crippen molar-refractivity contribution in [3.8, 4) is 28.5 Å². The number of halogens is 2. The fraction of sp³-hybridized carbons (Fsp3) is 0.100. The Morgan fingerprint density at radius 3 is 2.18 bits per heavy atom. The maximum absolute atomic E-state index is 13.7. The Morgan fingerprint density at radius 1 is 0.857 bits per heavy atom. The fourth-order valence-corrected chi connectivity index (χ4v) is 2.95. The summed E-state index contributed by atoms with van der Waals surface area (Å²) >= 11 is 0. The van der Waals surface area contributed by atoms with Crippen LogP contribution in [-0.4, -0.2) is 34.1 Å². The molecule has 0 unspecified atom stereocenters. The zero-order chi connectivity index (χ0) is 19.7. The Hall–Kier alpha value is -3.68. The number of nitrogens with one attached hydrogen (secondary N) is 1. The van der Waals surface area contributed by atoms with E-state index >= 15 is 0 Å². The predicted molar refractivity (Wildman–Crippen MR) is 102 cm³/mol. The molecule has 2 aromatic carbocycles. The average molecular weight is 379 g/mol. The molecule has 4 rings (SSSR count). The molecule has 0 atom stereocenters. The number of nitrogens with zero attached hydrogens (tertiary/aromatic N) is 4. The van der Waals surface area contributed by atoms with Gasteiger partial charge in [0, 0.05) is 30.9 Å². The van der Waals surface area contributed by atoms with Gasteiger partial charge in [-0.25, -0.2) is 28.7 Å². The van der Waals surface area contributed by atoms with Crippen LogP contribution in [-0.2, 0) is 0 Å². The van der Waals surface area contributed by atoms with E-state index in [4.69, 9.17) is 4.74 Å². The zero-order valence-electron chi connectivity index (χ0n) is 15.1. The molecule has 0 fully saturated rings. The lowest BCUT2D eigenvalue weighted by Crippen LogP contribution is -2.02. The number of anilines is 1. The normalized spacial score (nSPS) is 10.9. The average Bonchev–Trinajstić information content (AvgIpc) is 2.72. The van der Waals surface area contributed by atoms with Gasteiger partial charge in [0.25, 0.3) is 0 Å². The van der Waals surface area contributed by atoms with Crippen LogP contribution in [0.2, 0.25) is 0 Å². The van der Waals surface area contributed by atoms with Crippen molar-refractivity contribution in [2.75, 3.05) is 19.5 Å². The van der Waals surface area contributed by atoms with Crippen molar-refractivity contribution in [2.45, 2.75) is 0 Å². The number of rotatable bonds is 4. The molecular formula is C20H15F2N5O. The Kier molecular flexibility index (Phi) is 4.52. The molecule has 2 heterocycles. The first-order valence-corrected chi connectivity index (χ1v) is 8.40. The second-order valence-electron chi connectivity index (χ2n) is 5.95. The zero-order valence-corrected chi connectivity index (χ0v) is 15.1. The lowest BCUT2D eigenvalue weighted by atomic mass is 10.0. The number of hydrogen-bond donors (Lipinski definition) is 1. The molecule has 0 aliphatic rings. The largest absolute Gasteiger partial charge is 0.494 e. The minimum atomic E-state index is -0.657. The molecule has 4 aromatic rings. The number of benzene rings is 2. The minimum absolute atomic E-state index is 0.334. The Bertz CT molecular complexity index is 1150. The van der Waals surface area contributed by atoms with E-state index in [1.807, 2.05) is 0 Å². The van der Waals surface area contributed by atoms with E-state index in [9.17, 15) is 8.78 Å². The summed E-state index contributed by atoms with van der Waals surface area (Å²) in [6.45, 7) is 0. The van der Waals surface area contributed by atoms with E-state index in [2.05, 4.69) is 25.3 Å². The van der Waals surface area contributed by atoms with Gasteiger partial charge in [0.15, 0.2) is 11.6 Å². The molecule has 0 saturated heterocycles. The number of ether oxygens (including phenoxy) is 1. The van der Waals surface area contributed by atoms with Crippen molar-refractivity contribution in [3.63, 3.8) is 0 Å². The van der Waals surface area contributed by atoms with Crippen molar-refractivity contribution in [2.24, 2.45) is 0 Å². The van der Waals surface area contributed by atoms with Gasteiger partial charge in [0.2, 0.25) is 0 Å². The van der Waals surface area contributed by atoms with Crippen LogP contribution in [0.15, 0.2) is 48.8 Å². The highest BCUT2D eigenvalue weighted by molar-refractivity contribution is 5.97. The molecule has 2 aromatic heterocycles. The molecule has 0 radical (unpaired) electrons. The lowest BCUT2D eigenvalue weighted by molar-refractivity contribution is 0.419. The molecule has 6 nitrogen and oxygen atoms in total. The highest BCUT2D eigenvalue weighted by atomic mass is 19.1. The molecule has 0 aliphatic carbocycles. The van der Waals surface area contributed by atoms with Crippen LogP contribution in [0.25, 0.3) is 33.7 Å². The van der Waals surface area contributed by atoms with Gasteiger partial charge < -0.3 is 10.1 Å². The summed E-state index contributed by atoms with van der Waals surface area (Å²) in [4.78, 5) is 17.4. The van der Waals surface area contributed by atoms with Gasteiger partial charge in [-0.2, -0.15) is 0 Å². The fourth-order valence-electron chi connectivity index (χ4n) is 2.95. The van der Waals surface area contributed by atoms with E-state index in [1.54, 1.807) is 37.6 Å². The van der Waals surface area contributed by atoms with Crippen LogP contribution in [0.4, 0.5) is 14.6 Å². The van der Waals surface area contributed by atoms with Crippen LogP contribution >= 0.6 is 0 Å². The van der Waals surface area contributed by atoms with Gasteiger partial charge in [-0.1, -0.05) is 0 Å². The quantitative estimate of drug-likeness (QED) is 0.576. The van der Waals surface area contributed by atoms with Gasteiger partial charge >= 0.3 is 0 Å². The monoisotopic (exact) mass is 379 g/mol. The smallest absolute Gasteiger partial charge is 0.200 e. The van der Waals surface area contributed by atoms with E-state index in [1.165, 1.54) is 19.2 Å². The molecule has 1 N–H and O–H groups in total. The van der Waals surface area contributed by atoms with E-state index in [0.29, 0.717) is 45.2 Å². The van der Waals surface area contributed by atoms with Crippen molar-refractivity contribution in [1.29, 1.82) is 0 Å². The van der Waals surface area contributed by atoms with Gasteiger partial charge in [0.1, 0.15) is 28.7 Å². The molecule has 0 aliphatic heterocycles. The van der Waals surface area contributed by atoms with Crippen LogP contribution in [0.5, 0.6) is 5.75 Å². The third-order valence-electron chi connectivity index (χ3n) is 4.18. The summed E-state index contributed by atoms with van der Waals surface area (Å²) in [6, 6.07) is 8.49. The molecule has 0 spiro atoms. The van der Waals surface area contributed by atoms with Gasteiger partial charge in [-0.3, -0.25) is 0 Å². The topological polar surface area (TPSA) is 72.8 Å². The van der Waals surface area contributed by atoms with E-state index in [-0.39, 0.29) is 0 Å². The van der Waals surface area contributed by atoms with Crippen LogP contribution in [0.3, 0.4) is 0 Å². The number of methoxy groups -OCH3 is 1. The molecule has 0 bridgehead atoms. The van der Waals surface area contributed by atoms with Crippen molar-refractivity contribution < 1.29 is 13.5 Å². The Morgan fingerprint density at radius 2 is 1.54 bits per heavy atom. The molecule has 140 valence electrons. The van der Waals surface area contributed by atoms with Gasteiger partial charge in [-0.05, 0) is 41.5 Å². The van der Waals surface area contributed by atoms with Crippen molar-refractivity contribution in [3.05, 3.63) is 60.4 Å². The molecule has 8 heteroatoms. The van der Waals surface area contributed by atoms with E-state index in [0.717, 1.165) is 6.07 Å². The van der Waals surface area contributed by atoms with Crippen LogP contribution in [0, 0.1) is 11.6 Å². The first kappa shape index (κ1) is 17.7. The summed E-state index contributed by atoms with van der Waals surface area (Å²) in [5.41, 5.74) is 1.49. The maximum Gasteiger partial charge on any atom is 0.200 e. The van der Waals surface area contributed by atoms with Crippen LogP contribution in [0.1, 0.15) is 0 Å². The number of hydrogen-bond acceptors (Lipinski definition) is 6. The minimum Gasteiger partial charge on any atom is -0.494 e. The Balaban J connectivity index is 1.98. The van der Waals surface area contributed by atoms with Gasteiger partial charge in [0.05, 0.1) is 7.11 Å². The van der Waals surface area contributed by atoms with Gasteiger partial charge in [-0.15, -0.1) is 0 Å². The number of aromatic nitrogens is 4. The summed E-state index contributed by atoms with van der Waals surface area (Å²) in [7, 11) is 3.23.